The third kappa shape index (κ3) is 4.56. The zero-order valence-electron chi connectivity index (χ0n) is 11.1. The zero-order valence-corrected chi connectivity index (χ0v) is 12.6. The molecule has 0 radical (unpaired) electrons. The Labute approximate surface area is 136 Å². The Morgan fingerprint density at radius 2 is 1.59 bits per heavy atom. The van der Waals surface area contributed by atoms with E-state index in [2.05, 4.69) is 11.8 Å². The van der Waals surface area contributed by atoms with Gasteiger partial charge in [0, 0.05) is 16.1 Å². The highest BCUT2D eigenvalue weighted by Gasteiger charge is 2.32. The highest BCUT2D eigenvalue weighted by molar-refractivity contribution is 6.32. The fourth-order valence-electron chi connectivity index (χ4n) is 1.63. The summed E-state index contributed by atoms with van der Waals surface area (Å²) < 4.78 is 37.5. The van der Waals surface area contributed by atoms with Crippen LogP contribution in [-0.2, 0) is 0 Å². The summed E-state index contributed by atoms with van der Waals surface area (Å²) in [4.78, 5) is 0. The zero-order chi connectivity index (χ0) is 16.2. The second kappa shape index (κ2) is 6.91. The molecule has 0 saturated carbocycles. The highest BCUT2D eigenvalue weighted by atomic mass is 35.5. The smallest absolute Gasteiger partial charge is 0.165 e. The molecule has 0 spiro atoms. The van der Waals surface area contributed by atoms with Crippen LogP contribution in [0.15, 0.2) is 53.6 Å². The molecule has 0 nitrogen and oxygen atoms in total. The van der Waals surface area contributed by atoms with Crippen molar-refractivity contribution >= 4 is 29.3 Å². The van der Waals surface area contributed by atoms with Crippen LogP contribution in [0.5, 0.6) is 0 Å². The fourth-order valence-corrected chi connectivity index (χ4v) is 1.87. The van der Waals surface area contributed by atoms with Crippen molar-refractivity contribution in [3.05, 3.63) is 75.3 Å². The summed E-state index contributed by atoms with van der Waals surface area (Å²) in [5, 5.41) is -0.598. The SMILES string of the molecule is FC(F)(F)/C(Cl)=C/c1ccccc1C#Cc1ccc(Cl)cc1. The van der Waals surface area contributed by atoms with E-state index in [1.807, 2.05) is 0 Å². The van der Waals surface area contributed by atoms with Gasteiger partial charge in [-0.3, -0.25) is 0 Å². The maximum Gasteiger partial charge on any atom is 0.426 e. The maximum absolute atomic E-state index is 12.5. The monoisotopic (exact) mass is 340 g/mol. The summed E-state index contributed by atoms with van der Waals surface area (Å²) in [6, 6.07) is 13.3. The number of halogens is 5. The van der Waals surface area contributed by atoms with Gasteiger partial charge in [0.15, 0.2) is 0 Å². The quantitative estimate of drug-likeness (QED) is 0.568. The molecule has 0 atom stereocenters. The van der Waals surface area contributed by atoms with Gasteiger partial charge in [0.1, 0.15) is 5.03 Å². The van der Waals surface area contributed by atoms with Crippen LogP contribution in [0.25, 0.3) is 6.08 Å². The number of rotatable bonds is 1. The summed E-state index contributed by atoms with van der Waals surface area (Å²) in [6.45, 7) is 0. The number of alkyl halides is 3. The van der Waals surface area contributed by atoms with Crippen LogP contribution in [0.4, 0.5) is 13.2 Å². The minimum Gasteiger partial charge on any atom is -0.165 e. The summed E-state index contributed by atoms with van der Waals surface area (Å²) in [7, 11) is 0. The van der Waals surface area contributed by atoms with Crippen molar-refractivity contribution in [1.82, 2.24) is 0 Å². The molecule has 2 rings (SSSR count). The first-order valence-electron chi connectivity index (χ1n) is 6.17. The molecule has 22 heavy (non-hydrogen) atoms. The molecule has 2 aromatic carbocycles. The van der Waals surface area contributed by atoms with E-state index in [4.69, 9.17) is 23.2 Å². The topological polar surface area (TPSA) is 0 Å². The highest BCUT2D eigenvalue weighted by Crippen LogP contribution is 2.30. The Bertz CT molecular complexity index is 748. The summed E-state index contributed by atoms with van der Waals surface area (Å²) in [6.07, 6.45) is -3.70. The molecule has 0 fully saturated rings. The lowest BCUT2D eigenvalue weighted by molar-refractivity contribution is -0.0836. The molecule has 0 aliphatic carbocycles. The second-order valence-electron chi connectivity index (χ2n) is 4.33. The molecule has 0 saturated heterocycles. The van der Waals surface area contributed by atoms with Crippen molar-refractivity contribution in [2.75, 3.05) is 0 Å². The van der Waals surface area contributed by atoms with Crippen molar-refractivity contribution in [3.63, 3.8) is 0 Å². The van der Waals surface area contributed by atoms with Crippen molar-refractivity contribution in [3.8, 4) is 11.8 Å². The van der Waals surface area contributed by atoms with E-state index in [-0.39, 0.29) is 0 Å². The fraction of sp³-hybridized carbons (Fsp3) is 0.0588. The van der Waals surface area contributed by atoms with E-state index < -0.39 is 11.2 Å². The minimum absolute atomic E-state index is 0.311. The van der Waals surface area contributed by atoms with Crippen LogP contribution in [0.3, 0.4) is 0 Å². The Hall–Kier alpha value is -1.89. The lowest BCUT2D eigenvalue weighted by atomic mass is 10.1. The molecule has 0 aliphatic heterocycles. The average molecular weight is 341 g/mol. The van der Waals surface area contributed by atoms with Crippen LogP contribution in [0.1, 0.15) is 16.7 Å². The maximum atomic E-state index is 12.5. The summed E-state index contributed by atoms with van der Waals surface area (Å²) in [5.74, 6) is 5.72. The summed E-state index contributed by atoms with van der Waals surface area (Å²) >= 11 is 11.0. The van der Waals surface area contributed by atoms with Crippen molar-refractivity contribution in [2.45, 2.75) is 6.18 Å². The van der Waals surface area contributed by atoms with Gasteiger partial charge in [-0.15, -0.1) is 0 Å². The molecular formula is C17H9Cl2F3. The molecule has 0 heterocycles. The van der Waals surface area contributed by atoms with Crippen LogP contribution < -0.4 is 0 Å². The van der Waals surface area contributed by atoms with Gasteiger partial charge in [0.25, 0.3) is 0 Å². The molecule has 2 aromatic rings. The third-order valence-electron chi connectivity index (χ3n) is 2.70. The molecule has 0 bridgehead atoms. The van der Waals surface area contributed by atoms with Crippen molar-refractivity contribution in [1.29, 1.82) is 0 Å². The van der Waals surface area contributed by atoms with E-state index in [0.717, 1.165) is 6.08 Å². The number of hydrogen-bond donors (Lipinski definition) is 0. The molecule has 0 N–H and O–H groups in total. The first kappa shape index (κ1) is 16.5. The van der Waals surface area contributed by atoms with Crippen LogP contribution in [0.2, 0.25) is 5.02 Å². The largest absolute Gasteiger partial charge is 0.426 e. The normalized spacial score (nSPS) is 11.8. The minimum atomic E-state index is -4.57. The molecular weight excluding hydrogens is 332 g/mol. The summed E-state index contributed by atoms with van der Waals surface area (Å²) in [5.41, 5.74) is 1.48. The standard InChI is InChI=1S/C17H9Cl2F3/c18-15-9-6-12(7-10-15)5-8-13-3-1-2-4-14(13)11-16(19)17(20,21)22/h1-4,6-7,9-11H/b16-11-. The Balaban J connectivity index is 2.36. The van der Waals surface area contributed by atoms with Crippen molar-refractivity contribution < 1.29 is 13.2 Å². The van der Waals surface area contributed by atoms with E-state index in [9.17, 15) is 13.2 Å². The second-order valence-corrected chi connectivity index (χ2v) is 5.18. The van der Waals surface area contributed by atoms with E-state index in [1.54, 1.807) is 42.5 Å². The third-order valence-corrected chi connectivity index (χ3v) is 3.27. The van der Waals surface area contributed by atoms with Gasteiger partial charge in [-0.2, -0.15) is 13.2 Å². The van der Waals surface area contributed by atoms with Crippen LogP contribution in [0, 0.1) is 11.8 Å². The van der Waals surface area contributed by atoms with Gasteiger partial charge in [-0.05, 0) is 42.0 Å². The molecule has 0 amide bonds. The molecule has 0 aliphatic rings. The average Bonchev–Trinajstić information content (AvgIpc) is 2.47. The lowest BCUT2D eigenvalue weighted by Gasteiger charge is -2.05. The number of benzene rings is 2. The van der Waals surface area contributed by atoms with E-state index in [0.29, 0.717) is 21.7 Å². The van der Waals surface area contributed by atoms with Gasteiger partial charge in [-0.25, -0.2) is 0 Å². The molecule has 5 heteroatoms. The molecule has 0 aromatic heterocycles. The van der Waals surface area contributed by atoms with Crippen LogP contribution >= 0.6 is 23.2 Å². The lowest BCUT2D eigenvalue weighted by Crippen LogP contribution is -2.06. The molecule has 0 unspecified atom stereocenters. The Morgan fingerprint density at radius 3 is 2.23 bits per heavy atom. The van der Waals surface area contributed by atoms with Gasteiger partial charge in [-0.1, -0.05) is 53.2 Å². The Kier molecular flexibility index (Phi) is 5.18. The molecule has 112 valence electrons. The predicted octanol–water partition coefficient (Wildman–Crippen LogP) is 5.88. The Morgan fingerprint density at radius 1 is 0.955 bits per heavy atom. The van der Waals surface area contributed by atoms with Crippen molar-refractivity contribution in [2.24, 2.45) is 0 Å². The van der Waals surface area contributed by atoms with Crippen LogP contribution in [-0.4, -0.2) is 6.18 Å². The van der Waals surface area contributed by atoms with Gasteiger partial charge < -0.3 is 0 Å². The first-order chi connectivity index (χ1) is 10.4. The van der Waals surface area contributed by atoms with E-state index in [1.165, 1.54) is 6.07 Å². The first-order valence-corrected chi connectivity index (χ1v) is 6.93. The van der Waals surface area contributed by atoms with Gasteiger partial charge in [0.2, 0.25) is 0 Å². The van der Waals surface area contributed by atoms with Gasteiger partial charge >= 0.3 is 6.18 Å². The predicted molar refractivity (Wildman–Crippen MR) is 83.8 cm³/mol. The number of allylic oxidation sites excluding steroid dienone is 1. The van der Waals surface area contributed by atoms with E-state index >= 15 is 0 Å². The van der Waals surface area contributed by atoms with Gasteiger partial charge in [0.05, 0.1) is 0 Å². The number of hydrogen-bond acceptors (Lipinski definition) is 0.